The molecule has 0 aromatic heterocycles. The number of ether oxygens (including phenoxy) is 2. The number of benzene rings is 2. The summed E-state index contributed by atoms with van der Waals surface area (Å²) in [5.74, 6) is 0.397. The Bertz CT molecular complexity index is 803. The summed E-state index contributed by atoms with van der Waals surface area (Å²) in [6, 6.07) is 11.5. The average Bonchev–Trinajstić information content (AvgIpc) is 2.85. The first-order chi connectivity index (χ1) is 12.5. The number of hydrogen-bond donors (Lipinski definition) is 1. The highest BCUT2D eigenvalue weighted by Crippen LogP contribution is 2.38. The molecule has 5 nitrogen and oxygen atoms in total. The molecule has 1 heterocycles. The Morgan fingerprint density at radius 3 is 2.81 bits per heavy atom. The molecule has 1 aliphatic heterocycles. The van der Waals surface area contributed by atoms with Crippen LogP contribution < -0.4 is 4.74 Å². The van der Waals surface area contributed by atoms with Crippen molar-refractivity contribution in [2.24, 2.45) is 0 Å². The van der Waals surface area contributed by atoms with Crippen LogP contribution >= 0.6 is 0 Å². The van der Waals surface area contributed by atoms with E-state index in [4.69, 9.17) is 9.47 Å². The number of methoxy groups -OCH3 is 1. The van der Waals surface area contributed by atoms with E-state index in [0.29, 0.717) is 31.9 Å². The van der Waals surface area contributed by atoms with Crippen LogP contribution in [-0.2, 0) is 16.1 Å². The van der Waals surface area contributed by atoms with E-state index in [-0.39, 0.29) is 17.8 Å². The lowest BCUT2D eigenvalue weighted by atomic mass is 9.97. The number of carbonyl (C=O) groups excluding carboxylic acids is 1. The van der Waals surface area contributed by atoms with Crippen LogP contribution in [0.1, 0.15) is 24.5 Å². The van der Waals surface area contributed by atoms with E-state index in [2.05, 4.69) is 4.90 Å². The molecule has 0 saturated heterocycles. The largest absolute Gasteiger partial charge is 0.504 e. The highest BCUT2D eigenvalue weighted by molar-refractivity contribution is 5.76. The Morgan fingerprint density at radius 2 is 2.12 bits per heavy atom. The maximum absolute atomic E-state index is 12.1. The molecule has 1 aliphatic rings. The van der Waals surface area contributed by atoms with Crippen molar-refractivity contribution in [3.63, 3.8) is 0 Å². The molecule has 0 spiro atoms. The van der Waals surface area contributed by atoms with Crippen LogP contribution in [0, 0.1) is 6.92 Å². The molecule has 0 aliphatic carbocycles. The van der Waals surface area contributed by atoms with Crippen molar-refractivity contribution >= 4 is 5.97 Å². The van der Waals surface area contributed by atoms with E-state index in [1.165, 1.54) is 7.11 Å². The van der Waals surface area contributed by atoms with Gasteiger partial charge in [0, 0.05) is 18.7 Å². The zero-order chi connectivity index (χ0) is 18.7. The molecular formula is C21H25NO4. The monoisotopic (exact) mass is 355 g/mol. The summed E-state index contributed by atoms with van der Waals surface area (Å²) in [7, 11) is 1.41. The van der Waals surface area contributed by atoms with Crippen molar-refractivity contribution in [1.29, 1.82) is 0 Å². The van der Waals surface area contributed by atoms with Gasteiger partial charge in [-0.3, -0.25) is 9.69 Å². The summed E-state index contributed by atoms with van der Waals surface area (Å²) in [5.41, 5.74) is 4.03. The van der Waals surface area contributed by atoms with E-state index in [9.17, 15) is 9.90 Å². The second kappa shape index (κ2) is 7.79. The molecule has 0 unspecified atom stereocenters. The number of rotatable bonds is 4. The molecule has 0 fully saturated rings. The molecule has 0 bridgehead atoms. The maximum atomic E-state index is 12.1. The van der Waals surface area contributed by atoms with Gasteiger partial charge in [0.2, 0.25) is 0 Å². The van der Waals surface area contributed by atoms with Crippen LogP contribution in [0.15, 0.2) is 36.4 Å². The maximum Gasteiger partial charge on any atom is 0.323 e. The van der Waals surface area contributed by atoms with Crippen molar-refractivity contribution in [2.45, 2.75) is 32.9 Å². The zero-order valence-corrected chi connectivity index (χ0v) is 15.5. The number of hydrogen-bond acceptors (Lipinski definition) is 5. The number of phenols is 1. The molecule has 1 atom stereocenters. The van der Waals surface area contributed by atoms with Gasteiger partial charge >= 0.3 is 5.97 Å². The van der Waals surface area contributed by atoms with Gasteiger partial charge in [0.15, 0.2) is 11.5 Å². The Balaban J connectivity index is 2.00. The predicted octanol–water partition coefficient (Wildman–Crippen LogP) is 3.51. The predicted molar refractivity (Wildman–Crippen MR) is 100 cm³/mol. The van der Waals surface area contributed by atoms with Crippen LogP contribution in [0.2, 0.25) is 0 Å². The third-order valence-electron chi connectivity index (χ3n) is 4.90. The van der Waals surface area contributed by atoms with E-state index in [0.717, 1.165) is 22.3 Å². The van der Waals surface area contributed by atoms with E-state index in [1.54, 1.807) is 6.07 Å². The smallest absolute Gasteiger partial charge is 0.323 e. The quantitative estimate of drug-likeness (QED) is 0.851. The van der Waals surface area contributed by atoms with Gasteiger partial charge in [0.1, 0.15) is 12.6 Å². The number of aromatic hydroxyl groups is 1. The number of phenolic OH excluding ortho intramolecular Hbond substituents is 1. The van der Waals surface area contributed by atoms with Gasteiger partial charge in [0.25, 0.3) is 0 Å². The van der Waals surface area contributed by atoms with Crippen molar-refractivity contribution < 1.29 is 19.4 Å². The molecule has 26 heavy (non-hydrogen) atoms. The van der Waals surface area contributed by atoms with Crippen LogP contribution in [0.3, 0.4) is 0 Å². The fourth-order valence-corrected chi connectivity index (χ4v) is 3.55. The number of aryl methyl sites for hydroxylation is 1. The molecule has 0 amide bonds. The highest BCUT2D eigenvalue weighted by atomic mass is 16.5. The van der Waals surface area contributed by atoms with Gasteiger partial charge in [-0.05, 0) is 42.2 Å². The molecule has 5 heteroatoms. The number of fused-ring (bicyclic) bond motifs is 1. The first kappa shape index (κ1) is 18.3. The lowest BCUT2D eigenvalue weighted by Gasteiger charge is -2.27. The zero-order valence-electron chi connectivity index (χ0n) is 15.5. The number of carbonyl (C=O) groups is 1. The molecule has 138 valence electrons. The van der Waals surface area contributed by atoms with Gasteiger partial charge < -0.3 is 14.6 Å². The molecular weight excluding hydrogens is 330 g/mol. The second-order valence-corrected chi connectivity index (χ2v) is 6.56. The minimum absolute atomic E-state index is 0.133. The van der Waals surface area contributed by atoms with Gasteiger partial charge in [-0.1, -0.05) is 31.2 Å². The third kappa shape index (κ3) is 3.53. The van der Waals surface area contributed by atoms with E-state index >= 15 is 0 Å². The van der Waals surface area contributed by atoms with Crippen LogP contribution in [-0.4, -0.2) is 42.3 Å². The van der Waals surface area contributed by atoms with Gasteiger partial charge in [-0.2, -0.15) is 0 Å². The van der Waals surface area contributed by atoms with Crippen LogP contribution in [0.25, 0.3) is 11.1 Å². The summed E-state index contributed by atoms with van der Waals surface area (Å²) in [5, 5.41) is 10.5. The SMILES string of the molecule is CC[C@H](C(=O)OC)N1CCOc2c(O)cc(-c3ccccc3C)cc2C1. The minimum Gasteiger partial charge on any atom is -0.504 e. The van der Waals surface area contributed by atoms with Gasteiger partial charge in [-0.15, -0.1) is 0 Å². The summed E-state index contributed by atoms with van der Waals surface area (Å²) < 4.78 is 10.7. The fraction of sp³-hybridized carbons (Fsp3) is 0.381. The molecule has 2 aromatic carbocycles. The second-order valence-electron chi connectivity index (χ2n) is 6.56. The van der Waals surface area contributed by atoms with Crippen molar-refractivity contribution in [1.82, 2.24) is 4.90 Å². The van der Waals surface area contributed by atoms with Crippen LogP contribution in [0.4, 0.5) is 0 Å². The topological polar surface area (TPSA) is 59.0 Å². The van der Waals surface area contributed by atoms with Gasteiger partial charge in [0.05, 0.1) is 7.11 Å². The molecule has 3 rings (SSSR count). The minimum atomic E-state index is -0.321. The fourth-order valence-electron chi connectivity index (χ4n) is 3.55. The number of nitrogens with zero attached hydrogens (tertiary/aromatic N) is 1. The van der Waals surface area contributed by atoms with Crippen molar-refractivity contribution in [3.05, 3.63) is 47.5 Å². The van der Waals surface area contributed by atoms with Crippen molar-refractivity contribution in [2.75, 3.05) is 20.3 Å². The first-order valence-corrected chi connectivity index (χ1v) is 8.91. The standard InChI is InChI=1S/C21H25NO4/c1-4-18(21(24)25-3)22-9-10-26-20-16(13-22)11-15(12-19(20)23)17-8-6-5-7-14(17)2/h5-8,11-12,18,23H,4,9-10,13H2,1-3H3/t18-/m1/s1. The lowest BCUT2D eigenvalue weighted by molar-refractivity contribution is -0.147. The van der Waals surface area contributed by atoms with Crippen molar-refractivity contribution in [3.8, 4) is 22.6 Å². The van der Waals surface area contributed by atoms with E-state index in [1.807, 2.05) is 44.2 Å². The molecule has 0 radical (unpaired) electrons. The van der Waals surface area contributed by atoms with Gasteiger partial charge in [-0.25, -0.2) is 0 Å². The normalized spacial score (nSPS) is 15.5. The Labute approximate surface area is 154 Å². The molecule has 1 N–H and O–H groups in total. The third-order valence-corrected chi connectivity index (χ3v) is 4.90. The summed E-state index contributed by atoms with van der Waals surface area (Å²) in [6.45, 7) is 5.55. The average molecular weight is 355 g/mol. The van der Waals surface area contributed by atoms with E-state index < -0.39 is 0 Å². The summed E-state index contributed by atoms with van der Waals surface area (Å²) in [4.78, 5) is 14.2. The molecule has 2 aromatic rings. The van der Waals surface area contributed by atoms with Crippen LogP contribution in [0.5, 0.6) is 11.5 Å². The Hall–Kier alpha value is -2.53. The first-order valence-electron chi connectivity index (χ1n) is 8.91. The molecule has 0 saturated carbocycles. The Morgan fingerprint density at radius 1 is 1.35 bits per heavy atom. The summed E-state index contributed by atoms with van der Waals surface area (Å²) in [6.07, 6.45) is 0.658. The number of esters is 1. The highest BCUT2D eigenvalue weighted by Gasteiger charge is 2.29. The lowest BCUT2D eigenvalue weighted by Crippen LogP contribution is -2.42. The summed E-state index contributed by atoms with van der Waals surface area (Å²) >= 11 is 0. The Kier molecular flexibility index (Phi) is 5.47.